The van der Waals surface area contributed by atoms with E-state index in [4.69, 9.17) is 16.0 Å². The van der Waals surface area contributed by atoms with E-state index in [9.17, 15) is 0 Å². The summed E-state index contributed by atoms with van der Waals surface area (Å²) in [5.41, 5.74) is 2.10. The van der Waals surface area contributed by atoms with E-state index in [2.05, 4.69) is 44.0 Å². The van der Waals surface area contributed by atoms with Gasteiger partial charge >= 0.3 is 0 Å². The van der Waals surface area contributed by atoms with Crippen LogP contribution in [0.15, 0.2) is 28.7 Å². The van der Waals surface area contributed by atoms with Crippen molar-refractivity contribution in [3.05, 3.63) is 41.6 Å². The van der Waals surface area contributed by atoms with Crippen LogP contribution in [0.5, 0.6) is 0 Å². The van der Waals surface area contributed by atoms with Gasteiger partial charge in [0.15, 0.2) is 5.76 Å². The van der Waals surface area contributed by atoms with Crippen LogP contribution in [0.2, 0.25) is 0 Å². The molecule has 1 aromatic rings. The lowest BCUT2D eigenvalue weighted by molar-refractivity contribution is 0.529. The van der Waals surface area contributed by atoms with E-state index in [0.29, 0.717) is 11.8 Å². The fourth-order valence-electron chi connectivity index (χ4n) is 1.70. The van der Waals surface area contributed by atoms with Crippen molar-refractivity contribution in [2.75, 3.05) is 5.88 Å². The first-order chi connectivity index (χ1) is 9.26. The van der Waals surface area contributed by atoms with Crippen molar-refractivity contribution in [2.45, 2.75) is 40.0 Å². The molecular weight excluding hydrogens is 258 g/mol. The molecule has 1 rings (SSSR count). The molecule has 19 heavy (non-hydrogen) atoms. The lowest BCUT2D eigenvalue weighted by Crippen LogP contribution is -1.85. The Morgan fingerprint density at radius 1 is 1.26 bits per heavy atom. The number of allylic oxidation sites excluding steroid dienone is 5. The Bertz CT molecular complexity index is 469. The highest BCUT2D eigenvalue weighted by Gasteiger charge is 2.11. The zero-order valence-corrected chi connectivity index (χ0v) is 12.7. The molecule has 0 saturated heterocycles. The van der Waals surface area contributed by atoms with Crippen LogP contribution in [0.3, 0.4) is 0 Å². The predicted molar refractivity (Wildman–Crippen MR) is 83.3 cm³/mol. The molecule has 0 aliphatic rings. The van der Waals surface area contributed by atoms with Gasteiger partial charge in [-0.3, -0.25) is 0 Å². The summed E-state index contributed by atoms with van der Waals surface area (Å²) in [7, 11) is 0. The fourth-order valence-corrected chi connectivity index (χ4v) is 1.79. The summed E-state index contributed by atoms with van der Waals surface area (Å²) in [6, 6.07) is 0. The highest BCUT2D eigenvalue weighted by Crippen LogP contribution is 2.22. The van der Waals surface area contributed by atoms with Gasteiger partial charge in [0.05, 0.1) is 5.69 Å². The maximum absolute atomic E-state index is 5.83. The third-order valence-electron chi connectivity index (χ3n) is 2.75. The number of hydrogen-bond acceptors (Lipinski definition) is 2. The van der Waals surface area contributed by atoms with Crippen LogP contribution >= 0.6 is 11.6 Å². The average molecular weight is 280 g/mol. The summed E-state index contributed by atoms with van der Waals surface area (Å²) >= 11 is 5.66. The van der Waals surface area contributed by atoms with Gasteiger partial charge in [0.2, 0.25) is 5.89 Å². The predicted octanol–water partition coefficient (Wildman–Crippen LogP) is 5.25. The molecule has 0 N–H and O–H groups in total. The Kier molecular flexibility index (Phi) is 7.27. The number of rotatable bonds is 7. The van der Waals surface area contributed by atoms with Crippen LogP contribution in [0.25, 0.3) is 11.6 Å². The largest absolute Gasteiger partial charge is 0.437 e. The molecule has 0 unspecified atom stereocenters. The second-order valence-electron chi connectivity index (χ2n) is 4.12. The van der Waals surface area contributed by atoms with Crippen LogP contribution in [-0.4, -0.2) is 10.9 Å². The zero-order chi connectivity index (χ0) is 14.1. The van der Waals surface area contributed by atoms with Crippen molar-refractivity contribution < 1.29 is 4.42 Å². The van der Waals surface area contributed by atoms with Crippen molar-refractivity contribution in [3.8, 4) is 0 Å². The molecule has 0 radical (unpaired) electrons. The van der Waals surface area contributed by atoms with E-state index in [1.54, 1.807) is 0 Å². The monoisotopic (exact) mass is 279 g/mol. The van der Waals surface area contributed by atoms with Crippen molar-refractivity contribution in [3.63, 3.8) is 0 Å². The summed E-state index contributed by atoms with van der Waals surface area (Å²) in [4.78, 5) is 4.57. The minimum atomic E-state index is 0.481. The minimum Gasteiger partial charge on any atom is -0.437 e. The van der Waals surface area contributed by atoms with Gasteiger partial charge in [-0.2, -0.15) is 0 Å². The number of halogens is 1. The number of nitrogens with zero attached hydrogens (tertiary/aromatic N) is 1. The molecule has 1 heterocycles. The highest BCUT2D eigenvalue weighted by molar-refractivity contribution is 6.19. The van der Waals surface area contributed by atoms with E-state index in [1.807, 2.05) is 12.2 Å². The number of hydrogen-bond donors (Lipinski definition) is 0. The Morgan fingerprint density at radius 2 is 2.05 bits per heavy atom. The summed E-state index contributed by atoms with van der Waals surface area (Å²) in [5.74, 6) is 2.01. The van der Waals surface area contributed by atoms with E-state index >= 15 is 0 Å². The molecule has 104 valence electrons. The molecule has 2 nitrogen and oxygen atoms in total. The number of aromatic nitrogens is 1. The molecule has 0 fully saturated rings. The van der Waals surface area contributed by atoms with Crippen LogP contribution < -0.4 is 0 Å². The van der Waals surface area contributed by atoms with Crippen LogP contribution in [0.4, 0.5) is 0 Å². The molecule has 0 saturated carbocycles. The molecule has 0 aliphatic carbocycles. The van der Waals surface area contributed by atoms with E-state index in [1.165, 1.54) is 0 Å². The van der Waals surface area contributed by atoms with Crippen molar-refractivity contribution >= 4 is 23.3 Å². The van der Waals surface area contributed by atoms with Gasteiger partial charge in [0, 0.05) is 11.5 Å². The van der Waals surface area contributed by atoms with E-state index in [-0.39, 0.29) is 0 Å². The maximum Gasteiger partial charge on any atom is 0.222 e. The third-order valence-corrected chi connectivity index (χ3v) is 2.92. The number of aryl methyl sites for hydroxylation is 1. The first-order valence-corrected chi connectivity index (χ1v) is 7.38. The van der Waals surface area contributed by atoms with Crippen LogP contribution in [-0.2, 0) is 6.42 Å². The average Bonchev–Trinajstić information content (AvgIpc) is 2.84. The van der Waals surface area contributed by atoms with E-state index < -0.39 is 0 Å². The smallest absolute Gasteiger partial charge is 0.222 e. The Hall–Kier alpha value is -1.28. The first-order valence-electron chi connectivity index (χ1n) is 6.84. The van der Waals surface area contributed by atoms with Gasteiger partial charge in [-0.25, -0.2) is 4.98 Å². The molecule has 0 bridgehead atoms. The molecule has 0 aliphatic heterocycles. The highest BCUT2D eigenvalue weighted by atomic mass is 35.5. The second kappa shape index (κ2) is 8.76. The van der Waals surface area contributed by atoms with Crippen molar-refractivity contribution in [2.24, 2.45) is 0 Å². The Balaban J connectivity index is 3.05. The van der Waals surface area contributed by atoms with E-state index in [0.717, 1.165) is 36.3 Å². The molecule has 0 amide bonds. The summed E-state index contributed by atoms with van der Waals surface area (Å²) in [6.07, 6.45) is 12.8. The van der Waals surface area contributed by atoms with Crippen LogP contribution in [0.1, 0.15) is 51.0 Å². The molecule has 0 spiro atoms. The maximum atomic E-state index is 5.83. The normalized spacial score (nSPS) is 12.9. The fraction of sp³-hybridized carbons (Fsp3) is 0.438. The Morgan fingerprint density at radius 3 is 2.63 bits per heavy atom. The van der Waals surface area contributed by atoms with Crippen molar-refractivity contribution in [1.29, 1.82) is 0 Å². The number of oxazole rings is 1. The molecule has 3 heteroatoms. The van der Waals surface area contributed by atoms with Gasteiger partial charge in [-0.05, 0) is 25.3 Å². The molecular formula is C16H22ClNO. The SMILES string of the molecule is CC/C=C\C=C(/CC)c1nc(CC)c(/C=C\CCl)o1. The Labute approximate surface area is 120 Å². The van der Waals surface area contributed by atoms with Gasteiger partial charge in [-0.15, -0.1) is 11.6 Å². The summed E-state index contributed by atoms with van der Waals surface area (Å²) in [6.45, 7) is 6.30. The number of alkyl halides is 1. The zero-order valence-electron chi connectivity index (χ0n) is 11.9. The standard InChI is InChI=1S/C16H22ClNO/c1-4-7-8-10-13(5-2)16-18-14(6-3)15(19-16)11-9-12-17/h7-11H,4-6,12H2,1-3H3/b8-7-,11-9-,13-10+. The van der Waals surface area contributed by atoms with Crippen LogP contribution in [0, 0.1) is 0 Å². The van der Waals surface area contributed by atoms with Gasteiger partial charge < -0.3 is 4.42 Å². The summed E-state index contributed by atoms with van der Waals surface area (Å²) < 4.78 is 5.83. The second-order valence-corrected chi connectivity index (χ2v) is 4.43. The molecule has 0 atom stereocenters. The molecule has 1 aromatic heterocycles. The minimum absolute atomic E-state index is 0.481. The topological polar surface area (TPSA) is 26.0 Å². The summed E-state index contributed by atoms with van der Waals surface area (Å²) in [5, 5.41) is 0. The quantitative estimate of drug-likeness (QED) is 0.503. The third kappa shape index (κ3) is 4.71. The molecule has 0 aromatic carbocycles. The lowest BCUT2D eigenvalue weighted by atomic mass is 10.2. The lowest BCUT2D eigenvalue weighted by Gasteiger charge is -1.96. The first kappa shape index (κ1) is 15.8. The van der Waals surface area contributed by atoms with Gasteiger partial charge in [-0.1, -0.05) is 45.1 Å². The van der Waals surface area contributed by atoms with Crippen molar-refractivity contribution in [1.82, 2.24) is 4.98 Å². The van der Waals surface area contributed by atoms with Gasteiger partial charge in [0.1, 0.15) is 0 Å². The van der Waals surface area contributed by atoms with Gasteiger partial charge in [0.25, 0.3) is 0 Å².